The molecule has 0 spiro atoms. The molecule has 0 saturated carbocycles. The van der Waals surface area contributed by atoms with E-state index < -0.39 is 6.04 Å². The summed E-state index contributed by atoms with van der Waals surface area (Å²) in [7, 11) is 1.63. The van der Waals surface area contributed by atoms with Crippen molar-refractivity contribution in [3.05, 3.63) is 29.5 Å². The number of rotatable bonds is 6. The first kappa shape index (κ1) is 16.4. The average Bonchev–Trinajstić information content (AvgIpc) is 2.84. The molecular formula is C17H24N2O3. The first-order valence-electron chi connectivity index (χ1n) is 7.60. The molecule has 0 bridgehead atoms. The minimum absolute atomic E-state index is 0.146. The Kier molecular flexibility index (Phi) is 5.08. The van der Waals surface area contributed by atoms with E-state index in [1.165, 1.54) is 0 Å². The number of ether oxygens (including phenoxy) is 1. The van der Waals surface area contributed by atoms with Gasteiger partial charge >= 0.3 is 0 Å². The van der Waals surface area contributed by atoms with Crippen LogP contribution in [0.4, 0.5) is 0 Å². The average molecular weight is 304 g/mol. The second-order valence-corrected chi connectivity index (χ2v) is 5.58. The van der Waals surface area contributed by atoms with Crippen LogP contribution >= 0.6 is 0 Å². The van der Waals surface area contributed by atoms with Crippen LogP contribution in [0.5, 0.6) is 5.75 Å². The minimum Gasteiger partial charge on any atom is -0.497 e. The van der Waals surface area contributed by atoms with Gasteiger partial charge in [0.2, 0.25) is 5.91 Å². The Labute approximate surface area is 130 Å². The van der Waals surface area contributed by atoms with Gasteiger partial charge in [0.15, 0.2) is 0 Å². The maximum Gasteiger partial charge on any atom is 0.237 e. The lowest BCUT2D eigenvalue weighted by atomic mass is 10.1. The highest BCUT2D eigenvalue weighted by molar-refractivity contribution is 5.85. The highest BCUT2D eigenvalue weighted by atomic mass is 16.5. The van der Waals surface area contributed by atoms with Crippen LogP contribution in [0.15, 0.2) is 22.6 Å². The summed E-state index contributed by atoms with van der Waals surface area (Å²) in [5, 5.41) is 3.92. The first-order valence-corrected chi connectivity index (χ1v) is 7.60. The fraction of sp³-hybridized carbons (Fsp3) is 0.471. The van der Waals surface area contributed by atoms with E-state index in [0.717, 1.165) is 34.5 Å². The van der Waals surface area contributed by atoms with Crippen molar-refractivity contribution in [3.63, 3.8) is 0 Å². The van der Waals surface area contributed by atoms with Gasteiger partial charge in [-0.3, -0.25) is 4.79 Å². The van der Waals surface area contributed by atoms with Gasteiger partial charge < -0.3 is 20.2 Å². The number of hydrogen-bond donors (Lipinski definition) is 2. The fourth-order valence-electron chi connectivity index (χ4n) is 2.59. The molecule has 2 rings (SSSR count). The molecule has 0 saturated heterocycles. The zero-order valence-electron chi connectivity index (χ0n) is 13.6. The molecule has 5 nitrogen and oxygen atoms in total. The molecule has 2 unspecified atom stereocenters. The molecule has 0 aliphatic heterocycles. The molecule has 1 aromatic heterocycles. The molecule has 1 aromatic carbocycles. The number of nitrogens with one attached hydrogen (secondary N) is 1. The van der Waals surface area contributed by atoms with Crippen LogP contribution in [0.2, 0.25) is 0 Å². The zero-order chi connectivity index (χ0) is 16.3. The van der Waals surface area contributed by atoms with E-state index in [-0.39, 0.29) is 11.9 Å². The molecule has 120 valence electrons. The molecular weight excluding hydrogens is 280 g/mol. The van der Waals surface area contributed by atoms with Gasteiger partial charge in [-0.25, -0.2) is 0 Å². The van der Waals surface area contributed by atoms with Crippen molar-refractivity contribution >= 4 is 16.9 Å². The molecule has 2 aromatic rings. The third-order valence-corrected chi connectivity index (χ3v) is 3.87. The van der Waals surface area contributed by atoms with Crippen LogP contribution in [0.1, 0.15) is 44.1 Å². The molecule has 22 heavy (non-hydrogen) atoms. The molecule has 0 aliphatic rings. The normalized spacial score (nSPS) is 13.9. The summed E-state index contributed by atoms with van der Waals surface area (Å²) < 4.78 is 11.1. The van der Waals surface area contributed by atoms with Crippen LogP contribution < -0.4 is 15.8 Å². The zero-order valence-corrected chi connectivity index (χ0v) is 13.6. The van der Waals surface area contributed by atoms with Crippen molar-refractivity contribution in [3.8, 4) is 5.75 Å². The number of nitrogens with two attached hydrogens (primary N) is 1. The Morgan fingerprint density at radius 3 is 2.82 bits per heavy atom. The van der Waals surface area contributed by atoms with Crippen LogP contribution in [0.25, 0.3) is 11.0 Å². The number of carbonyl (C=O) groups is 1. The quantitative estimate of drug-likeness (QED) is 0.860. The van der Waals surface area contributed by atoms with E-state index in [4.69, 9.17) is 14.9 Å². The van der Waals surface area contributed by atoms with Gasteiger partial charge in [0.05, 0.1) is 19.2 Å². The fourth-order valence-corrected chi connectivity index (χ4v) is 2.59. The summed E-state index contributed by atoms with van der Waals surface area (Å²) in [6.45, 7) is 5.89. The van der Waals surface area contributed by atoms with Crippen molar-refractivity contribution in [1.29, 1.82) is 0 Å². The summed E-state index contributed by atoms with van der Waals surface area (Å²) in [6.07, 6.45) is 1.56. The SMILES string of the molecule is CCCC(N)C(=O)NC(C)c1oc2ccc(OC)cc2c1C. The predicted molar refractivity (Wildman–Crippen MR) is 86.9 cm³/mol. The van der Waals surface area contributed by atoms with E-state index in [9.17, 15) is 4.79 Å². The van der Waals surface area contributed by atoms with Crippen molar-refractivity contribution in [1.82, 2.24) is 5.32 Å². The molecule has 5 heteroatoms. The smallest absolute Gasteiger partial charge is 0.237 e. The van der Waals surface area contributed by atoms with Gasteiger partial charge in [-0.05, 0) is 38.5 Å². The molecule has 0 fully saturated rings. The Hall–Kier alpha value is -2.01. The second kappa shape index (κ2) is 6.83. The van der Waals surface area contributed by atoms with Crippen LogP contribution in [-0.2, 0) is 4.79 Å². The number of carbonyl (C=O) groups excluding carboxylic acids is 1. The summed E-state index contributed by atoms with van der Waals surface area (Å²) in [4.78, 5) is 12.0. The molecule has 0 aliphatic carbocycles. The largest absolute Gasteiger partial charge is 0.497 e. The van der Waals surface area contributed by atoms with Crippen molar-refractivity contribution in [2.24, 2.45) is 5.73 Å². The van der Waals surface area contributed by atoms with Crippen molar-refractivity contribution < 1.29 is 13.9 Å². The number of benzene rings is 1. The van der Waals surface area contributed by atoms with E-state index in [0.29, 0.717) is 6.42 Å². The number of hydrogen-bond acceptors (Lipinski definition) is 4. The maximum absolute atomic E-state index is 12.0. The van der Waals surface area contributed by atoms with Gasteiger partial charge in [0, 0.05) is 10.9 Å². The van der Waals surface area contributed by atoms with Gasteiger partial charge in [-0.15, -0.1) is 0 Å². The molecule has 2 atom stereocenters. The van der Waals surface area contributed by atoms with Crippen molar-refractivity contribution in [2.45, 2.75) is 45.7 Å². The molecule has 0 radical (unpaired) electrons. The van der Waals surface area contributed by atoms with Gasteiger partial charge in [-0.1, -0.05) is 13.3 Å². The number of fused-ring (bicyclic) bond motifs is 1. The topological polar surface area (TPSA) is 77.5 Å². The predicted octanol–water partition coefficient (Wildman–Crippen LogP) is 3.05. The lowest BCUT2D eigenvalue weighted by Crippen LogP contribution is -2.41. The second-order valence-electron chi connectivity index (χ2n) is 5.58. The molecule has 1 amide bonds. The number of aryl methyl sites for hydroxylation is 1. The molecule has 3 N–H and O–H groups in total. The summed E-state index contributed by atoms with van der Waals surface area (Å²) in [5.41, 5.74) is 7.64. The van der Waals surface area contributed by atoms with E-state index in [2.05, 4.69) is 5.32 Å². The van der Waals surface area contributed by atoms with E-state index >= 15 is 0 Å². The monoisotopic (exact) mass is 304 g/mol. The third-order valence-electron chi connectivity index (χ3n) is 3.87. The van der Waals surface area contributed by atoms with E-state index in [1.807, 2.05) is 39.0 Å². The van der Waals surface area contributed by atoms with Gasteiger partial charge in [0.25, 0.3) is 0 Å². The van der Waals surface area contributed by atoms with Gasteiger partial charge in [-0.2, -0.15) is 0 Å². The number of furan rings is 1. The Morgan fingerprint density at radius 2 is 2.18 bits per heavy atom. The Balaban J connectivity index is 2.23. The molecule has 1 heterocycles. The summed E-state index contributed by atoms with van der Waals surface area (Å²) in [5.74, 6) is 1.39. The third kappa shape index (κ3) is 3.25. The Morgan fingerprint density at radius 1 is 1.45 bits per heavy atom. The summed E-state index contributed by atoms with van der Waals surface area (Å²) in [6, 6.07) is 4.97. The first-order chi connectivity index (χ1) is 10.5. The number of methoxy groups -OCH3 is 1. The van der Waals surface area contributed by atoms with E-state index in [1.54, 1.807) is 7.11 Å². The van der Waals surface area contributed by atoms with Gasteiger partial charge in [0.1, 0.15) is 17.1 Å². The van der Waals surface area contributed by atoms with Crippen molar-refractivity contribution in [2.75, 3.05) is 7.11 Å². The lowest BCUT2D eigenvalue weighted by Gasteiger charge is -2.16. The summed E-state index contributed by atoms with van der Waals surface area (Å²) >= 11 is 0. The van der Waals surface area contributed by atoms with Crippen LogP contribution in [-0.4, -0.2) is 19.1 Å². The van der Waals surface area contributed by atoms with Crippen LogP contribution in [0, 0.1) is 6.92 Å². The highest BCUT2D eigenvalue weighted by Gasteiger charge is 2.21. The standard InChI is InChI=1S/C17H24N2O3/c1-5-6-14(18)17(20)19-11(3)16-10(2)13-9-12(21-4)7-8-15(13)22-16/h7-9,11,14H,5-6,18H2,1-4H3,(H,19,20). The Bertz CT molecular complexity index is 663. The number of amides is 1. The minimum atomic E-state index is -0.475. The van der Waals surface area contributed by atoms with Crippen LogP contribution in [0.3, 0.4) is 0 Å². The lowest BCUT2D eigenvalue weighted by molar-refractivity contribution is -0.123. The highest BCUT2D eigenvalue weighted by Crippen LogP contribution is 2.31. The maximum atomic E-state index is 12.0.